The molecule has 0 spiro atoms. The summed E-state index contributed by atoms with van der Waals surface area (Å²) < 4.78 is 0. The highest BCUT2D eigenvalue weighted by molar-refractivity contribution is 6.31. The lowest BCUT2D eigenvalue weighted by molar-refractivity contribution is 0.198. The highest BCUT2D eigenvalue weighted by atomic mass is 35.5. The molecule has 1 aliphatic heterocycles. The Kier molecular flexibility index (Phi) is 2.39. The molecule has 1 fully saturated rings. The predicted octanol–water partition coefficient (Wildman–Crippen LogP) is -0.322. The molecular formula is C7H10ClN5O. The zero-order valence-corrected chi connectivity index (χ0v) is 8.15. The number of anilines is 2. The van der Waals surface area contributed by atoms with Crippen molar-refractivity contribution in [2.24, 2.45) is 0 Å². The fourth-order valence-corrected chi connectivity index (χ4v) is 1.45. The van der Waals surface area contributed by atoms with Crippen molar-refractivity contribution in [2.75, 3.05) is 23.7 Å². The minimum Gasteiger partial charge on any atom is -0.391 e. The van der Waals surface area contributed by atoms with Crippen LogP contribution in [-0.2, 0) is 0 Å². The fraction of sp³-hybridized carbons (Fsp3) is 0.571. The molecule has 0 saturated carbocycles. The molecule has 6 nitrogen and oxygen atoms in total. The van der Waals surface area contributed by atoms with Gasteiger partial charge in [-0.3, -0.25) is 0 Å². The second-order valence-electron chi connectivity index (χ2n) is 3.18. The molecule has 2 heterocycles. The third-order valence-corrected chi connectivity index (χ3v) is 2.37. The van der Waals surface area contributed by atoms with E-state index >= 15 is 0 Å². The molecule has 0 radical (unpaired) electrons. The summed E-state index contributed by atoms with van der Waals surface area (Å²) in [5.41, 5.74) is 5.49. The van der Waals surface area contributed by atoms with E-state index in [1.54, 1.807) is 0 Å². The monoisotopic (exact) mass is 215 g/mol. The predicted molar refractivity (Wildman–Crippen MR) is 52.1 cm³/mol. The van der Waals surface area contributed by atoms with Gasteiger partial charge in [-0.15, -0.1) is 10.2 Å². The molecule has 0 bridgehead atoms. The Hall–Kier alpha value is -1.14. The van der Waals surface area contributed by atoms with Gasteiger partial charge in [0, 0.05) is 13.1 Å². The van der Waals surface area contributed by atoms with Crippen LogP contribution in [0.15, 0.2) is 0 Å². The minimum absolute atomic E-state index is 0.105. The Morgan fingerprint density at radius 1 is 1.50 bits per heavy atom. The summed E-state index contributed by atoms with van der Waals surface area (Å²) in [4.78, 5) is 5.80. The van der Waals surface area contributed by atoms with E-state index in [1.165, 1.54) is 0 Å². The molecule has 1 aliphatic rings. The van der Waals surface area contributed by atoms with Crippen LogP contribution in [0.3, 0.4) is 0 Å². The lowest BCUT2D eigenvalue weighted by atomic mass is 10.3. The quantitative estimate of drug-likeness (QED) is 0.668. The molecule has 0 amide bonds. The number of halogens is 1. The van der Waals surface area contributed by atoms with Crippen molar-refractivity contribution >= 4 is 23.4 Å². The van der Waals surface area contributed by atoms with Gasteiger partial charge >= 0.3 is 0 Å². The number of aliphatic hydroxyl groups is 1. The number of hydrogen-bond donors (Lipinski definition) is 2. The van der Waals surface area contributed by atoms with Crippen LogP contribution in [0.5, 0.6) is 0 Å². The van der Waals surface area contributed by atoms with Gasteiger partial charge in [-0.05, 0) is 6.42 Å². The lowest BCUT2D eigenvalue weighted by Crippen LogP contribution is -2.24. The summed E-state index contributed by atoms with van der Waals surface area (Å²) >= 11 is 5.59. The van der Waals surface area contributed by atoms with Gasteiger partial charge in [0.15, 0.2) is 11.0 Å². The van der Waals surface area contributed by atoms with Crippen molar-refractivity contribution in [3.63, 3.8) is 0 Å². The molecule has 14 heavy (non-hydrogen) atoms. The van der Waals surface area contributed by atoms with Gasteiger partial charge in [0.1, 0.15) is 0 Å². The lowest BCUT2D eigenvalue weighted by Gasteiger charge is -2.14. The standard InChI is InChI=1S/C7H10ClN5O/c8-5-6(9)10-7(12-11-5)13-2-1-4(14)3-13/h4,14H,1-3H2,(H2,9,10,12)/t4-/m0/s1. The molecule has 0 aromatic carbocycles. The average molecular weight is 216 g/mol. The molecule has 2 rings (SSSR count). The van der Waals surface area contributed by atoms with Gasteiger partial charge < -0.3 is 15.7 Å². The fourth-order valence-electron chi connectivity index (χ4n) is 1.37. The van der Waals surface area contributed by atoms with Gasteiger partial charge in [0.25, 0.3) is 0 Å². The van der Waals surface area contributed by atoms with Crippen molar-refractivity contribution < 1.29 is 5.11 Å². The van der Waals surface area contributed by atoms with Gasteiger partial charge in [-0.1, -0.05) is 11.6 Å². The number of aromatic nitrogens is 3. The van der Waals surface area contributed by atoms with Crippen molar-refractivity contribution in [3.05, 3.63) is 5.15 Å². The van der Waals surface area contributed by atoms with E-state index in [9.17, 15) is 5.11 Å². The summed E-state index contributed by atoms with van der Waals surface area (Å²) in [5, 5.41) is 16.9. The van der Waals surface area contributed by atoms with Crippen molar-refractivity contribution in [3.8, 4) is 0 Å². The van der Waals surface area contributed by atoms with Crippen LogP contribution in [0, 0.1) is 0 Å². The van der Waals surface area contributed by atoms with Crippen LogP contribution < -0.4 is 10.6 Å². The topological polar surface area (TPSA) is 88.2 Å². The van der Waals surface area contributed by atoms with Crippen molar-refractivity contribution in [2.45, 2.75) is 12.5 Å². The van der Waals surface area contributed by atoms with E-state index in [-0.39, 0.29) is 17.1 Å². The maximum Gasteiger partial charge on any atom is 0.247 e. The van der Waals surface area contributed by atoms with Gasteiger partial charge in [0.2, 0.25) is 5.95 Å². The largest absolute Gasteiger partial charge is 0.391 e. The number of aliphatic hydroxyl groups excluding tert-OH is 1. The van der Waals surface area contributed by atoms with Gasteiger partial charge in [-0.25, -0.2) is 0 Å². The van der Waals surface area contributed by atoms with E-state index in [2.05, 4.69) is 15.2 Å². The molecule has 7 heteroatoms. The van der Waals surface area contributed by atoms with Gasteiger partial charge in [-0.2, -0.15) is 4.98 Å². The molecule has 1 aromatic rings. The van der Waals surface area contributed by atoms with Crippen LogP contribution in [0.1, 0.15) is 6.42 Å². The average Bonchev–Trinajstić information content (AvgIpc) is 2.57. The highest BCUT2D eigenvalue weighted by Gasteiger charge is 2.23. The summed E-state index contributed by atoms with van der Waals surface area (Å²) in [7, 11) is 0. The summed E-state index contributed by atoms with van der Waals surface area (Å²) in [5.74, 6) is 0.585. The second kappa shape index (κ2) is 3.55. The van der Waals surface area contributed by atoms with Crippen LogP contribution in [0.4, 0.5) is 11.8 Å². The van der Waals surface area contributed by atoms with E-state index in [0.29, 0.717) is 25.5 Å². The first-order valence-electron chi connectivity index (χ1n) is 4.25. The van der Waals surface area contributed by atoms with Crippen LogP contribution in [0.2, 0.25) is 5.15 Å². The summed E-state index contributed by atoms with van der Waals surface area (Å²) in [6.45, 7) is 1.23. The van der Waals surface area contributed by atoms with Crippen molar-refractivity contribution in [1.82, 2.24) is 15.2 Å². The van der Waals surface area contributed by atoms with E-state index in [0.717, 1.165) is 0 Å². The number of nitrogens with two attached hydrogens (primary N) is 1. The molecule has 1 atom stereocenters. The van der Waals surface area contributed by atoms with Crippen LogP contribution >= 0.6 is 11.6 Å². The molecule has 76 valence electrons. The number of hydrogen-bond acceptors (Lipinski definition) is 6. The van der Waals surface area contributed by atoms with Crippen LogP contribution in [-0.4, -0.2) is 39.5 Å². The Morgan fingerprint density at radius 2 is 2.29 bits per heavy atom. The van der Waals surface area contributed by atoms with E-state index < -0.39 is 0 Å². The zero-order valence-electron chi connectivity index (χ0n) is 7.39. The number of nitrogens with zero attached hydrogens (tertiary/aromatic N) is 4. The third kappa shape index (κ3) is 1.71. The summed E-state index contributed by atoms with van der Waals surface area (Å²) in [6, 6.07) is 0. The molecule has 1 aromatic heterocycles. The maximum atomic E-state index is 9.31. The number of nitrogen functional groups attached to an aromatic ring is 1. The van der Waals surface area contributed by atoms with Gasteiger partial charge in [0.05, 0.1) is 6.10 Å². The Labute approximate surface area is 85.7 Å². The summed E-state index contributed by atoms with van der Waals surface area (Å²) in [6.07, 6.45) is 0.391. The molecule has 0 aliphatic carbocycles. The Morgan fingerprint density at radius 3 is 2.86 bits per heavy atom. The number of β-amino-alcohol motifs (C(OH)–C–C–N with tert-alkyl or cyclic N) is 1. The first-order valence-corrected chi connectivity index (χ1v) is 4.63. The molecule has 1 saturated heterocycles. The molecular weight excluding hydrogens is 206 g/mol. The van der Waals surface area contributed by atoms with E-state index in [1.807, 2.05) is 4.90 Å². The molecule has 3 N–H and O–H groups in total. The zero-order chi connectivity index (χ0) is 10.1. The maximum absolute atomic E-state index is 9.31. The second-order valence-corrected chi connectivity index (χ2v) is 3.53. The van der Waals surface area contributed by atoms with Crippen molar-refractivity contribution in [1.29, 1.82) is 0 Å². The van der Waals surface area contributed by atoms with Crippen LogP contribution in [0.25, 0.3) is 0 Å². The highest BCUT2D eigenvalue weighted by Crippen LogP contribution is 2.18. The third-order valence-electron chi connectivity index (χ3n) is 2.11. The van der Waals surface area contributed by atoms with E-state index in [4.69, 9.17) is 17.3 Å². The first kappa shape index (κ1) is 9.42. The normalized spacial score (nSPS) is 21.6. The minimum atomic E-state index is -0.324. The number of rotatable bonds is 1. The molecule has 0 unspecified atom stereocenters. The first-order chi connectivity index (χ1) is 6.66. The smallest absolute Gasteiger partial charge is 0.247 e. The SMILES string of the molecule is Nc1nc(N2CC[C@H](O)C2)nnc1Cl. The Bertz CT molecular complexity index is 347. The Balaban J connectivity index is 2.20.